The topological polar surface area (TPSA) is 60.2 Å². The summed E-state index contributed by atoms with van der Waals surface area (Å²) in [4.78, 5) is 12.4. The van der Waals surface area contributed by atoms with E-state index in [1.165, 1.54) is 0 Å². The number of fused-ring (bicyclic) bond motifs is 1. The van der Waals surface area contributed by atoms with Gasteiger partial charge in [-0.15, -0.1) is 0 Å². The molecule has 0 saturated heterocycles. The lowest BCUT2D eigenvalue weighted by Gasteiger charge is -2.25. The molecule has 5 nitrogen and oxygen atoms in total. The zero-order chi connectivity index (χ0) is 21.8. The van der Waals surface area contributed by atoms with E-state index >= 15 is 4.39 Å². The quantitative estimate of drug-likeness (QED) is 0.528. The number of halogens is 1. The van der Waals surface area contributed by atoms with E-state index in [2.05, 4.69) is 10.2 Å². The van der Waals surface area contributed by atoms with E-state index in [9.17, 15) is 4.79 Å². The van der Waals surface area contributed by atoms with Crippen LogP contribution in [0.5, 0.6) is 0 Å². The van der Waals surface area contributed by atoms with Crippen molar-refractivity contribution < 1.29 is 18.7 Å². The first-order valence-corrected chi connectivity index (χ1v) is 10.3. The van der Waals surface area contributed by atoms with Gasteiger partial charge >= 0.3 is 5.97 Å². The minimum atomic E-state index is -0.490. The van der Waals surface area contributed by atoms with Crippen molar-refractivity contribution in [2.45, 2.75) is 58.6 Å². The molecule has 0 saturated carbocycles. The van der Waals surface area contributed by atoms with Crippen LogP contribution in [0.4, 0.5) is 10.1 Å². The summed E-state index contributed by atoms with van der Waals surface area (Å²) in [7, 11) is 1.64. The molecule has 3 atom stereocenters. The van der Waals surface area contributed by atoms with Gasteiger partial charge in [0.25, 0.3) is 0 Å². The molecule has 160 valence electrons. The summed E-state index contributed by atoms with van der Waals surface area (Å²) < 4.78 is 26.1. The number of esters is 1. The molecule has 0 aliphatic carbocycles. The van der Waals surface area contributed by atoms with Crippen molar-refractivity contribution in [1.29, 1.82) is 0 Å². The van der Waals surface area contributed by atoms with Gasteiger partial charge in [-0.05, 0) is 48.6 Å². The van der Waals surface area contributed by atoms with Gasteiger partial charge in [-0.1, -0.05) is 37.3 Å². The Labute approximate surface area is 177 Å². The molecule has 0 bridgehead atoms. The SMILES string of the molecule is CCOC(=O)CC(c1ccc(C)c(COC)c1)c1ccc2c(c1F)N=NC(C)C2C. The van der Waals surface area contributed by atoms with Gasteiger partial charge < -0.3 is 9.47 Å². The first kappa shape index (κ1) is 22.1. The van der Waals surface area contributed by atoms with Crippen LogP contribution >= 0.6 is 0 Å². The van der Waals surface area contributed by atoms with E-state index in [1.807, 2.05) is 45.0 Å². The van der Waals surface area contributed by atoms with Crippen LogP contribution in [0.25, 0.3) is 0 Å². The van der Waals surface area contributed by atoms with Crippen LogP contribution in [-0.2, 0) is 20.9 Å². The molecule has 0 fully saturated rings. The Kier molecular flexibility index (Phi) is 6.98. The fourth-order valence-corrected chi connectivity index (χ4v) is 3.86. The molecule has 3 unspecified atom stereocenters. The molecule has 1 aliphatic rings. The number of hydrogen-bond acceptors (Lipinski definition) is 5. The summed E-state index contributed by atoms with van der Waals surface area (Å²) in [5.41, 5.74) is 4.47. The number of carbonyl (C=O) groups excluding carboxylic acids is 1. The second kappa shape index (κ2) is 9.47. The van der Waals surface area contributed by atoms with Gasteiger partial charge in [-0.3, -0.25) is 4.79 Å². The lowest BCUT2D eigenvalue weighted by atomic mass is 9.83. The third-order valence-electron chi connectivity index (χ3n) is 5.86. The van der Waals surface area contributed by atoms with Crippen LogP contribution in [0.3, 0.4) is 0 Å². The van der Waals surface area contributed by atoms with Crippen LogP contribution in [0.1, 0.15) is 66.8 Å². The van der Waals surface area contributed by atoms with Crippen molar-refractivity contribution in [2.75, 3.05) is 13.7 Å². The maximum atomic E-state index is 15.6. The van der Waals surface area contributed by atoms with Crippen LogP contribution in [0.2, 0.25) is 0 Å². The molecule has 0 aromatic heterocycles. The normalized spacial score (nSPS) is 18.7. The Hall–Kier alpha value is -2.60. The smallest absolute Gasteiger partial charge is 0.306 e. The molecule has 1 heterocycles. The van der Waals surface area contributed by atoms with Crippen molar-refractivity contribution in [3.63, 3.8) is 0 Å². The second-order valence-electron chi connectivity index (χ2n) is 7.83. The summed E-state index contributed by atoms with van der Waals surface area (Å²) in [6, 6.07) is 9.58. The molecule has 1 aliphatic heterocycles. The number of aryl methyl sites for hydroxylation is 1. The monoisotopic (exact) mass is 412 g/mol. The predicted octanol–water partition coefficient (Wildman–Crippen LogP) is 5.95. The van der Waals surface area contributed by atoms with Crippen LogP contribution in [0.15, 0.2) is 40.6 Å². The minimum Gasteiger partial charge on any atom is -0.466 e. The summed E-state index contributed by atoms with van der Waals surface area (Å²) in [5.74, 6) is -1.19. The molecule has 2 aromatic rings. The van der Waals surface area contributed by atoms with E-state index < -0.39 is 11.7 Å². The second-order valence-corrected chi connectivity index (χ2v) is 7.83. The fraction of sp³-hybridized carbons (Fsp3) is 0.458. The van der Waals surface area contributed by atoms with Gasteiger partial charge in [-0.25, -0.2) is 4.39 Å². The van der Waals surface area contributed by atoms with Crippen molar-refractivity contribution >= 4 is 11.7 Å². The lowest BCUT2D eigenvalue weighted by molar-refractivity contribution is -0.143. The summed E-state index contributed by atoms with van der Waals surface area (Å²) in [6.45, 7) is 8.48. The third kappa shape index (κ3) is 4.43. The van der Waals surface area contributed by atoms with Gasteiger partial charge in [0.2, 0.25) is 0 Å². The standard InChI is InChI=1S/C24H29FN2O3/c1-6-30-22(28)12-21(17-8-7-14(2)18(11-17)13-29-5)20-10-9-19-15(3)16(4)26-27-24(19)23(20)25/h7-11,15-16,21H,6,12-13H2,1-5H3. The van der Waals surface area contributed by atoms with E-state index in [4.69, 9.17) is 9.47 Å². The maximum Gasteiger partial charge on any atom is 0.306 e. The van der Waals surface area contributed by atoms with Gasteiger partial charge in [0.15, 0.2) is 5.82 Å². The predicted molar refractivity (Wildman–Crippen MR) is 114 cm³/mol. The molecule has 0 radical (unpaired) electrons. The Balaban J connectivity index is 2.10. The number of benzene rings is 2. The number of carbonyl (C=O) groups is 1. The minimum absolute atomic E-state index is 0.00628. The Bertz CT molecular complexity index is 958. The molecular weight excluding hydrogens is 383 g/mol. The summed E-state index contributed by atoms with van der Waals surface area (Å²) in [6.07, 6.45) is 0.0438. The molecule has 0 spiro atoms. The van der Waals surface area contributed by atoms with Gasteiger partial charge in [0.1, 0.15) is 5.69 Å². The van der Waals surface area contributed by atoms with Crippen molar-refractivity contribution in [3.8, 4) is 0 Å². The highest BCUT2D eigenvalue weighted by molar-refractivity contribution is 5.72. The van der Waals surface area contributed by atoms with E-state index in [1.54, 1.807) is 20.1 Å². The largest absolute Gasteiger partial charge is 0.466 e. The average Bonchev–Trinajstić information content (AvgIpc) is 2.72. The first-order valence-electron chi connectivity index (χ1n) is 10.3. The molecule has 30 heavy (non-hydrogen) atoms. The Morgan fingerprint density at radius 3 is 2.70 bits per heavy atom. The molecular formula is C24H29FN2O3. The molecule has 3 rings (SSSR count). The van der Waals surface area contributed by atoms with E-state index in [-0.39, 0.29) is 36.6 Å². The van der Waals surface area contributed by atoms with E-state index in [0.717, 1.165) is 22.3 Å². The Morgan fingerprint density at radius 1 is 1.23 bits per heavy atom. The van der Waals surface area contributed by atoms with Crippen LogP contribution < -0.4 is 0 Å². The Morgan fingerprint density at radius 2 is 2.00 bits per heavy atom. The third-order valence-corrected chi connectivity index (χ3v) is 5.86. The number of rotatable bonds is 7. The maximum absolute atomic E-state index is 15.6. The van der Waals surface area contributed by atoms with Crippen molar-refractivity contribution in [3.05, 3.63) is 64.0 Å². The van der Waals surface area contributed by atoms with E-state index in [0.29, 0.717) is 12.2 Å². The number of azo groups is 1. The fourth-order valence-electron chi connectivity index (χ4n) is 3.86. The number of ether oxygens (including phenoxy) is 2. The first-order chi connectivity index (χ1) is 14.4. The zero-order valence-electron chi connectivity index (χ0n) is 18.2. The van der Waals surface area contributed by atoms with Gasteiger partial charge in [0, 0.05) is 18.9 Å². The number of nitrogens with zero attached hydrogens (tertiary/aromatic N) is 2. The number of hydrogen-bond donors (Lipinski definition) is 0. The summed E-state index contributed by atoms with van der Waals surface area (Å²) in [5, 5.41) is 8.35. The average molecular weight is 413 g/mol. The molecule has 0 amide bonds. The zero-order valence-corrected chi connectivity index (χ0v) is 18.2. The summed E-state index contributed by atoms with van der Waals surface area (Å²) >= 11 is 0. The highest BCUT2D eigenvalue weighted by Gasteiger charge is 2.29. The van der Waals surface area contributed by atoms with Gasteiger partial charge in [-0.2, -0.15) is 10.2 Å². The molecule has 0 N–H and O–H groups in total. The lowest BCUT2D eigenvalue weighted by Crippen LogP contribution is -2.16. The van der Waals surface area contributed by atoms with Gasteiger partial charge in [0.05, 0.1) is 25.7 Å². The number of methoxy groups -OCH3 is 1. The van der Waals surface area contributed by atoms with Crippen LogP contribution in [-0.4, -0.2) is 25.7 Å². The highest BCUT2D eigenvalue weighted by atomic mass is 19.1. The molecule has 6 heteroatoms. The highest BCUT2D eigenvalue weighted by Crippen LogP contribution is 2.42. The van der Waals surface area contributed by atoms with Crippen LogP contribution in [0, 0.1) is 12.7 Å². The van der Waals surface area contributed by atoms with Crippen molar-refractivity contribution in [1.82, 2.24) is 0 Å². The van der Waals surface area contributed by atoms with Crippen molar-refractivity contribution in [2.24, 2.45) is 10.2 Å². The molecule has 2 aromatic carbocycles.